The fraction of sp³-hybridized carbons (Fsp3) is 0.462. The lowest BCUT2D eigenvalue weighted by Gasteiger charge is -2.17. The van der Waals surface area contributed by atoms with Crippen LogP contribution in [-0.2, 0) is 6.42 Å². The van der Waals surface area contributed by atoms with Crippen LogP contribution < -0.4 is 0 Å². The van der Waals surface area contributed by atoms with Crippen LogP contribution in [0, 0.1) is 16.7 Å². The highest BCUT2D eigenvalue weighted by atomic mass is 14.2. The maximum Gasteiger partial charge on any atom is 0.0991 e. The van der Waals surface area contributed by atoms with Crippen LogP contribution in [0.4, 0.5) is 0 Å². The molecule has 1 rings (SSSR count). The zero-order valence-electron chi connectivity index (χ0n) is 9.17. The lowest BCUT2D eigenvalue weighted by Crippen LogP contribution is -2.06. The van der Waals surface area contributed by atoms with Crippen LogP contribution in [0.25, 0.3) is 0 Å². The molecule has 0 amide bonds. The van der Waals surface area contributed by atoms with Gasteiger partial charge in [-0.2, -0.15) is 5.26 Å². The smallest absolute Gasteiger partial charge is 0.0991 e. The topological polar surface area (TPSA) is 23.8 Å². The van der Waals surface area contributed by atoms with Gasteiger partial charge in [0.05, 0.1) is 11.6 Å². The van der Waals surface area contributed by atoms with Crippen molar-refractivity contribution in [2.75, 3.05) is 0 Å². The van der Waals surface area contributed by atoms with Crippen LogP contribution in [0.1, 0.15) is 38.3 Å². The van der Waals surface area contributed by atoms with E-state index in [-0.39, 0.29) is 0 Å². The maximum atomic E-state index is 8.64. The summed E-state index contributed by atoms with van der Waals surface area (Å²) in [6.45, 7) is 6.74. The van der Waals surface area contributed by atoms with Crippen molar-refractivity contribution in [1.29, 1.82) is 5.26 Å². The van der Waals surface area contributed by atoms with Gasteiger partial charge >= 0.3 is 0 Å². The summed E-state index contributed by atoms with van der Waals surface area (Å²) in [6, 6.07) is 9.99. The van der Waals surface area contributed by atoms with Crippen LogP contribution in [0.2, 0.25) is 0 Å². The Bertz CT molecular complexity index is 322. The SMILES string of the molecule is CC(C)(C)CCc1ccc(C#N)cc1. The number of benzene rings is 1. The average Bonchev–Trinajstić information content (AvgIpc) is 2.14. The summed E-state index contributed by atoms with van der Waals surface area (Å²) in [5.41, 5.74) is 2.44. The van der Waals surface area contributed by atoms with E-state index in [0.717, 1.165) is 12.0 Å². The van der Waals surface area contributed by atoms with E-state index in [1.54, 1.807) is 0 Å². The van der Waals surface area contributed by atoms with Gasteiger partial charge in [0.25, 0.3) is 0 Å². The molecule has 74 valence electrons. The predicted molar refractivity (Wildman–Crippen MR) is 58.9 cm³/mol. The molecule has 1 nitrogen and oxygen atoms in total. The number of hydrogen-bond acceptors (Lipinski definition) is 1. The predicted octanol–water partition coefficient (Wildman–Crippen LogP) is 3.54. The van der Waals surface area contributed by atoms with Crippen molar-refractivity contribution in [2.24, 2.45) is 5.41 Å². The van der Waals surface area contributed by atoms with Crippen molar-refractivity contribution in [3.8, 4) is 6.07 Å². The summed E-state index contributed by atoms with van der Waals surface area (Å²) < 4.78 is 0. The lowest BCUT2D eigenvalue weighted by atomic mass is 9.88. The van der Waals surface area contributed by atoms with E-state index < -0.39 is 0 Å². The number of hydrogen-bond donors (Lipinski definition) is 0. The van der Waals surface area contributed by atoms with Gasteiger partial charge < -0.3 is 0 Å². The minimum absolute atomic E-state index is 0.383. The second-order valence-corrected chi connectivity index (χ2v) is 4.87. The Labute approximate surface area is 86.4 Å². The van der Waals surface area contributed by atoms with Gasteiger partial charge in [0.2, 0.25) is 0 Å². The van der Waals surface area contributed by atoms with Crippen molar-refractivity contribution in [3.63, 3.8) is 0 Å². The zero-order valence-corrected chi connectivity index (χ0v) is 9.17. The first-order valence-electron chi connectivity index (χ1n) is 5.00. The number of nitrogens with zero attached hydrogens (tertiary/aromatic N) is 1. The van der Waals surface area contributed by atoms with Gasteiger partial charge in [0.15, 0.2) is 0 Å². The van der Waals surface area contributed by atoms with Crippen LogP contribution in [0.3, 0.4) is 0 Å². The molecular weight excluding hydrogens is 170 g/mol. The highest BCUT2D eigenvalue weighted by molar-refractivity contribution is 5.31. The normalized spacial score (nSPS) is 11.0. The molecule has 1 aromatic rings. The summed E-state index contributed by atoms with van der Waals surface area (Å²) in [7, 11) is 0. The molecule has 0 heterocycles. The Balaban J connectivity index is 2.58. The third kappa shape index (κ3) is 3.62. The highest BCUT2D eigenvalue weighted by Crippen LogP contribution is 2.21. The van der Waals surface area contributed by atoms with Gasteiger partial charge in [-0.1, -0.05) is 32.9 Å². The second-order valence-electron chi connectivity index (χ2n) is 4.87. The largest absolute Gasteiger partial charge is 0.192 e. The van der Waals surface area contributed by atoms with E-state index >= 15 is 0 Å². The number of nitriles is 1. The van der Waals surface area contributed by atoms with Crippen LogP contribution >= 0.6 is 0 Å². The molecule has 0 saturated heterocycles. The summed E-state index contributed by atoms with van der Waals surface area (Å²) in [5, 5.41) is 8.64. The lowest BCUT2D eigenvalue weighted by molar-refractivity contribution is 0.378. The first-order valence-corrected chi connectivity index (χ1v) is 5.00. The Hall–Kier alpha value is -1.29. The monoisotopic (exact) mass is 187 g/mol. The fourth-order valence-electron chi connectivity index (χ4n) is 1.27. The molecule has 0 bridgehead atoms. The molecule has 1 heteroatoms. The van der Waals surface area contributed by atoms with Gasteiger partial charge in [0.1, 0.15) is 0 Å². The van der Waals surface area contributed by atoms with Gasteiger partial charge in [-0.05, 0) is 36.0 Å². The molecule has 0 atom stereocenters. The fourth-order valence-corrected chi connectivity index (χ4v) is 1.27. The van der Waals surface area contributed by atoms with Crippen molar-refractivity contribution in [1.82, 2.24) is 0 Å². The minimum Gasteiger partial charge on any atom is -0.192 e. The zero-order chi connectivity index (χ0) is 10.6. The van der Waals surface area contributed by atoms with E-state index in [9.17, 15) is 0 Å². The summed E-state index contributed by atoms with van der Waals surface area (Å²) in [4.78, 5) is 0. The molecule has 14 heavy (non-hydrogen) atoms. The van der Waals surface area contributed by atoms with Crippen molar-refractivity contribution >= 4 is 0 Å². The minimum atomic E-state index is 0.383. The Kier molecular flexibility index (Phi) is 3.30. The van der Waals surface area contributed by atoms with Gasteiger partial charge in [-0.15, -0.1) is 0 Å². The van der Waals surface area contributed by atoms with E-state index in [0.29, 0.717) is 5.41 Å². The number of rotatable bonds is 2. The second kappa shape index (κ2) is 4.28. The van der Waals surface area contributed by atoms with Crippen molar-refractivity contribution in [2.45, 2.75) is 33.6 Å². The van der Waals surface area contributed by atoms with E-state index in [1.165, 1.54) is 12.0 Å². The van der Waals surface area contributed by atoms with E-state index in [2.05, 4.69) is 26.8 Å². The van der Waals surface area contributed by atoms with E-state index in [4.69, 9.17) is 5.26 Å². The molecule has 0 unspecified atom stereocenters. The molecule has 0 aliphatic carbocycles. The molecule has 0 fully saturated rings. The third-order valence-electron chi connectivity index (χ3n) is 2.25. The number of aryl methyl sites for hydroxylation is 1. The molecule has 0 spiro atoms. The summed E-state index contributed by atoms with van der Waals surface area (Å²) in [6.07, 6.45) is 2.27. The highest BCUT2D eigenvalue weighted by Gasteiger charge is 2.09. The Morgan fingerprint density at radius 2 is 1.71 bits per heavy atom. The molecule has 1 aromatic carbocycles. The molecule has 0 N–H and O–H groups in total. The van der Waals surface area contributed by atoms with Gasteiger partial charge in [-0.3, -0.25) is 0 Å². The van der Waals surface area contributed by atoms with Crippen molar-refractivity contribution < 1.29 is 0 Å². The van der Waals surface area contributed by atoms with Gasteiger partial charge in [-0.25, -0.2) is 0 Å². The summed E-state index contributed by atoms with van der Waals surface area (Å²) >= 11 is 0. The first-order chi connectivity index (χ1) is 6.51. The molecular formula is C13H17N. The van der Waals surface area contributed by atoms with Gasteiger partial charge in [0, 0.05) is 0 Å². The van der Waals surface area contributed by atoms with Crippen molar-refractivity contribution in [3.05, 3.63) is 35.4 Å². The van der Waals surface area contributed by atoms with Crippen LogP contribution in [0.15, 0.2) is 24.3 Å². The Morgan fingerprint density at radius 1 is 1.14 bits per heavy atom. The molecule has 0 radical (unpaired) electrons. The quantitative estimate of drug-likeness (QED) is 0.694. The standard InChI is InChI=1S/C13H17N/c1-13(2,3)9-8-11-4-6-12(10-14)7-5-11/h4-7H,8-9H2,1-3H3. The molecule has 0 saturated carbocycles. The molecule has 0 aromatic heterocycles. The van der Waals surface area contributed by atoms with Crippen LogP contribution in [-0.4, -0.2) is 0 Å². The molecule has 0 aliphatic rings. The van der Waals surface area contributed by atoms with E-state index in [1.807, 2.05) is 24.3 Å². The summed E-state index contributed by atoms with van der Waals surface area (Å²) in [5.74, 6) is 0. The maximum absolute atomic E-state index is 8.64. The average molecular weight is 187 g/mol. The first kappa shape index (κ1) is 10.8. The molecule has 0 aliphatic heterocycles. The Morgan fingerprint density at radius 3 is 2.14 bits per heavy atom. The van der Waals surface area contributed by atoms with Crippen LogP contribution in [0.5, 0.6) is 0 Å². The third-order valence-corrected chi connectivity index (χ3v) is 2.25.